The average Bonchev–Trinajstić information content (AvgIpc) is 2.71. The van der Waals surface area contributed by atoms with Gasteiger partial charge in [-0.2, -0.15) is 0 Å². The van der Waals surface area contributed by atoms with Gasteiger partial charge in [0.2, 0.25) is 5.95 Å². The fourth-order valence-electron chi connectivity index (χ4n) is 3.15. The summed E-state index contributed by atoms with van der Waals surface area (Å²) in [5, 5.41) is 7.23. The number of aromatic nitrogens is 2. The standard InChI is InChI=1S/C20H20ClFN4O2/c1-27-18-9-17-12(7-19(18)28-14-3-2-6-23-11-14)10-24-20(26-17)25-13-4-5-16(22)15(21)8-13/h4-5,7-10,14,23H,2-3,6,11H2,1H3,(H,24,25,26). The Hall–Kier alpha value is -2.64. The minimum Gasteiger partial charge on any atom is -0.493 e. The molecule has 1 unspecified atom stereocenters. The van der Waals surface area contributed by atoms with Gasteiger partial charge >= 0.3 is 0 Å². The van der Waals surface area contributed by atoms with E-state index in [9.17, 15) is 4.39 Å². The zero-order valence-corrected chi connectivity index (χ0v) is 16.1. The Balaban J connectivity index is 1.60. The van der Waals surface area contributed by atoms with E-state index in [1.165, 1.54) is 12.1 Å². The number of methoxy groups -OCH3 is 1. The van der Waals surface area contributed by atoms with Crippen molar-refractivity contribution in [3.8, 4) is 11.5 Å². The van der Waals surface area contributed by atoms with Crippen LogP contribution in [0.15, 0.2) is 36.5 Å². The number of anilines is 2. The molecular weight excluding hydrogens is 383 g/mol. The highest BCUT2D eigenvalue weighted by Gasteiger charge is 2.17. The molecule has 0 spiro atoms. The Kier molecular flexibility index (Phi) is 5.45. The topological polar surface area (TPSA) is 68.3 Å². The van der Waals surface area contributed by atoms with E-state index in [0.717, 1.165) is 31.3 Å². The van der Waals surface area contributed by atoms with E-state index in [-0.39, 0.29) is 11.1 Å². The summed E-state index contributed by atoms with van der Waals surface area (Å²) >= 11 is 5.82. The van der Waals surface area contributed by atoms with Crippen LogP contribution in [0, 0.1) is 5.82 Å². The van der Waals surface area contributed by atoms with Gasteiger partial charge in [-0.1, -0.05) is 11.6 Å². The van der Waals surface area contributed by atoms with Crippen LogP contribution in [-0.2, 0) is 0 Å². The number of piperidine rings is 1. The second kappa shape index (κ2) is 8.16. The highest BCUT2D eigenvalue weighted by atomic mass is 35.5. The first-order valence-electron chi connectivity index (χ1n) is 9.06. The summed E-state index contributed by atoms with van der Waals surface area (Å²) in [6, 6.07) is 8.07. The number of fused-ring (bicyclic) bond motifs is 1. The van der Waals surface area contributed by atoms with E-state index in [1.807, 2.05) is 12.1 Å². The predicted octanol–water partition coefficient (Wildman–Crippen LogP) is 4.31. The highest BCUT2D eigenvalue weighted by molar-refractivity contribution is 6.31. The molecule has 146 valence electrons. The Morgan fingerprint density at radius 3 is 2.89 bits per heavy atom. The first kappa shape index (κ1) is 18.7. The molecule has 4 rings (SSSR count). The molecule has 1 atom stereocenters. The van der Waals surface area contributed by atoms with Crippen LogP contribution in [0.4, 0.5) is 16.0 Å². The Labute approximate surface area is 167 Å². The number of nitrogens with one attached hydrogen (secondary N) is 2. The Morgan fingerprint density at radius 1 is 1.25 bits per heavy atom. The normalized spacial score (nSPS) is 16.8. The lowest BCUT2D eigenvalue weighted by molar-refractivity contribution is 0.161. The maximum atomic E-state index is 13.3. The molecular formula is C20H20ClFN4O2. The van der Waals surface area contributed by atoms with Crippen LogP contribution in [0.2, 0.25) is 5.02 Å². The van der Waals surface area contributed by atoms with Crippen LogP contribution in [0.5, 0.6) is 11.5 Å². The van der Waals surface area contributed by atoms with Crippen LogP contribution in [0.25, 0.3) is 10.9 Å². The molecule has 1 aliphatic heterocycles. The Bertz CT molecular complexity index is 995. The fourth-order valence-corrected chi connectivity index (χ4v) is 3.33. The first-order valence-corrected chi connectivity index (χ1v) is 9.44. The van der Waals surface area contributed by atoms with E-state index < -0.39 is 5.82 Å². The monoisotopic (exact) mass is 402 g/mol. The molecule has 1 saturated heterocycles. The number of benzene rings is 2. The van der Waals surface area contributed by atoms with Crippen LogP contribution in [0.3, 0.4) is 0 Å². The molecule has 0 bridgehead atoms. The van der Waals surface area contributed by atoms with Crippen LogP contribution in [0.1, 0.15) is 12.8 Å². The molecule has 2 aromatic carbocycles. The molecule has 3 aromatic rings. The molecule has 0 aliphatic carbocycles. The SMILES string of the molecule is COc1cc2nc(Nc3ccc(F)c(Cl)c3)ncc2cc1OC1CCCNC1. The average molecular weight is 403 g/mol. The lowest BCUT2D eigenvalue weighted by Gasteiger charge is -2.25. The van der Waals surface area contributed by atoms with E-state index >= 15 is 0 Å². The molecule has 8 heteroatoms. The van der Waals surface area contributed by atoms with Gasteiger partial charge in [0.25, 0.3) is 0 Å². The van der Waals surface area contributed by atoms with Crippen molar-refractivity contribution in [2.24, 2.45) is 0 Å². The van der Waals surface area contributed by atoms with Crippen molar-refractivity contribution in [3.63, 3.8) is 0 Å². The third kappa shape index (κ3) is 4.10. The van der Waals surface area contributed by atoms with E-state index in [2.05, 4.69) is 20.6 Å². The molecule has 2 heterocycles. The minimum absolute atomic E-state index is 0.0338. The van der Waals surface area contributed by atoms with Crippen molar-refractivity contribution >= 4 is 34.1 Å². The van der Waals surface area contributed by atoms with Gasteiger partial charge in [-0.25, -0.2) is 14.4 Å². The van der Waals surface area contributed by atoms with E-state index in [0.29, 0.717) is 28.7 Å². The number of rotatable bonds is 5. The van der Waals surface area contributed by atoms with Crippen molar-refractivity contribution in [3.05, 3.63) is 47.4 Å². The second-order valence-electron chi connectivity index (χ2n) is 6.60. The molecule has 0 radical (unpaired) electrons. The van der Waals surface area contributed by atoms with Crippen LogP contribution >= 0.6 is 11.6 Å². The van der Waals surface area contributed by atoms with Gasteiger partial charge in [-0.15, -0.1) is 0 Å². The lowest BCUT2D eigenvalue weighted by atomic mass is 10.1. The van der Waals surface area contributed by atoms with Crippen LogP contribution in [-0.4, -0.2) is 36.3 Å². The summed E-state index contributed by atoms with van der Waals surface area (Å²) in [7, 11) is 1.61. The van der Waals surface area contributed by atoms with Crippen molar-refractivity contribution < 1.29 is 13.9 Å². The molecule has 1 fully saturated rings. The van der Waals surface area contributed by atoms with Gasteiger partial charge in [0.05, 0.1) is 17.6 Å². The van der Waals surface area contributed by atoms with Crippen LogP contribution < -0.4 is 20.1 Å². The van der Waals surface area contributed by atoms with Gasteiger partial charge in [0, 0.05) is 29.9 Å². The third-order valence-electron chi connectivity index (χ3n) is 4.59. The number of hydrogen-bond acceptors (Lipinski definition) is 6. The van der Waals surface area contributed by atoms with Gasteiger partial charge in [0.15, 0.2) is 11.5 Å². The van der Waals surface area contributed by atoms with E-state index in [4.69, 9.17) is 21.1 Å². The smallest absolute Gasteiger partial charge is 0.227 e. The zero-order valence-electron chi connectivity index (χ0n) is 15.3. The Morgan fingerprint density at radius 2 is 2.14 bits per heavy atom. The fraction of sp³-hybridized carbons (Fsp3) is 0.300. The molecule has 0 saturated carbocycles. The number of halogens is 2. The molecule has 2 N–H and O–H groups in total. The zero-order chi connectivity index (χ0) is 19.5. The number of ether oxygens (including phenoxy) is 2. The van der Waals surface area contributed by atoms with Crippen molar-refractivity contribution in [1.82, 2.24) is 15.3 Å². The van der Waals surface area contributed by atoms with Crippen molar-refractivity contribution in [2.45, 2.75) is 18.9 Å². The quantitative estimate of drug-likeness (QED) is 0.663. The summed E-state index contributed by atoms with van der Waals surface area (Å²) in [6.45, 7) is 1.85. The van der Waals surface area contributed by atoms with Gasteiger partial charge in [-0.3, -0.25) is 0 Å². The minimum atomic E-state index is -0.475. The molecule has 6 nitrogen and oxygen atoms in total. The third-order valence-corrected chi connectivity index (χ3v) is 4.88. The van der Waals surface area contributed by atoms with Gasteiger partial charge < -0.3 is 20.1 Å². The van der Waals surface area contributed by atoms with Gasteiger partial charge in [0.1, 0.15) is 11.9 Å². The maximum absolute atomic E-state index is 13.3. The first-order chi connectivity index (χ1) is 13.6. The summed E-state index contributed by atoms with van der Waals surface area (Å²) in [5.41, 5.74) is 1.30. The summed E-state index contributed by atoms with van der Waals surface area (Å²) in [6.07, 6.45) is 3.92. The second-order valence-corrected chi connectivity index (χ2v) is 7.00. The summed E-state index contributed by atoms with van der Waals surface area (Å²) < 4.78 is 24.9. The number of hydrogen-bond donors (Lipinski definition) is 2. The predicted molar refractivity (Wildman–Crippen MR) is 107 cm³/mol. The largest absolute Gasteiger partial charge is 0.493 e. The maximum Gasteiger partial charge on any atom is 0.227 e. The number of nitrogens with zero attached hydrogens (tertiary/aromatic N) is 2. The lowest BCUT2D eigenvalue weighted by Crippen LogP contribution is -2.37. The van der Waals surface area contributed by atoms with Crippen molar-refractivity contribution in [1.29, 1.82) is 0 Å². The molecule has 1 aliphatic rings. The molecule has 1 aromatic heterocycles. The van der Waals surface area contributed by atoms with E-state index in [1.54, 1.807) is 19.4 Å². The summed E-state index contributed by atoms with van der Waals surface area (Å²) in [5.74, 6) is 1.20. The van der Waals surface area contributed by atoms with Gasteiger partial charge in [-0.05, 0) is 43.7 Å². The van der Waals surface area contributed by atoms with Crippen molar-refractivity contribution in [2.75, 3.05) is 25.5 Å². The highest BCUT2D eigenvalue weighted by Crippen LogP contribution is 2.33. The summed E-state index contributed by atoms with van der Waals surface area (Å²) in [4.78, 5) is 8.84. The molecule has 28 heavy (non-hydrogen) atoms. The molecule has 0 amide bonds.